The molecule has 6 heteroatoms. The van der Waals surface area contributed by atoms with Gasteiger partial charge in [0.2, 0.25) is 0 Å². The summed E-state index contributed by atoms with van der Waals surface area (Å²) in [5.74, 6) is 5.27. The summed E-state index contributed by atoms with van der Waals surface area (Å²) < 4.78 is 0. The van der Waals surface area contributed by atoms with Crippen LogP contribution < -0.4 is 16.6 Å². The minimum atomic E-state index is -0.305. The van der Waals surface area contributed by atoms with Gasteiger partial charge in [0, 0.05) is 5.69 Å². The normalized spacial score (nSPS) is 10.0. The second kappa shape index (κ2) is 5.92. The van der Waals surface area contributed by atoms with Gasteiger partial charge in [-0.05, 0) is 36.2 Å². The molecule has 0 unspecified atom stereocenters. The van der Waals surface area contributed by atoms with E-state index in [1.165, 1.54) is 5.56 Å². The predicted octanol–water partition coefficient (Wildman–Crippen LogP) is 1.58. The Labute approximate surface area is 111 Å². The number of hydrazine groups is 1. The quantitative estimate of drug-likeness (QED) is 0.571. The zero-order chi connectivity index (χ0) is 13.7. The molecule has 0 aliphatic heterocycles. The van der Waals surface area contributed by atoms with Gasteiger partial charge in [-0.2, -0.15) is 0 Å². The van der Waals surface area contributed by atoms with Gasteiger partial charge in [0.1, 0.15) is 0 Å². The third-order valence-electron chi connectivity index (χ3n) is 2.67. The second-order valence-corrected chi connectivity index (χ2v) is 3.95. The van der Waals surface area contributed by atoms with Crippen LogP contribution in [0.15, 0.2) is 36.4 Å². The molecule has 0 aliphatic carbocycles. The number of nitrogen functional groups attached to an aromatic ring is 1. The van der Waals surface area contributed by atoms with E-state index >= 15 is 0 Å². The van der Waals surface area contributed by atoms with E-state index in [1.54, 1.807) is 12.1 Å². The number of amides is 1. The van der Waals surface area contributed by atoms with Gasteiger partial charge in [0.25, 0.3) is 5.91 Å². The number of aryl methyl sites for hydroxylation is 1. The van der Waals surface area contributed by atoms with Crippen LogP contribution >= 0.6 is 0 Å². The fourth-order valence-corrected chi connectivity index (χ4v) is 1.55. The highest BCUT2D eigenvalue weighted by Gasteiger charge is 2.08. The number of benzene rings is 1. The van der Waals surface area contributed by atoms with Gasteiger partial charge in [-0.15, -0.1) is 10.2 Å². The molecule has 1 heterocycles. The summed E-state index contributed by atoms with van der Waals surface area (Å²) in [4.78, 5) is 11.9. The molecule has 1 aromatic heterocycles. The van der Waals surface area contributed by atoms with Crippen LogP contribution in [0, 0.1) is 0 Å². The summed E-state index contributed by atoms with van der Waals surface area (Å²) in [7, 11) is 0. The van der Waals surface area contributed by atoms with E-state index in [0.717, 1.165) is 12.1 Å². The molecule has 0 radical (unpaired) electrons. The van der Waals surface area contributed by atoms with Crippen molar-refractivity contribution in [3.63, 3.8) is 0 Å². The van der Waals surface area contributed by atoms with E-state index in [1.807, 2.05) is 24.3 Å². The van der Waals surface area contributed by atoms with Crippen molar-refractivity contribution in [2.75, 3.05) is 10.7 Å². The molecule has 0 bridgehead atoms. The highest BCUT2D eigenvalue weighted by Crippen LogP contribution is 2.11. The van der Waals surface area contributed by atoms with Crippen LogP contribution in [-0.2, 0) is 6.42 Å². The van der Waals surface area contributed by atoms with Crippen LogP contribution in [0.1, 0.15) is 23.0 Å². The number of nitrogens with zero attached hydrogens (tertiary/aromatic N) is 2. The van der Waals surface area contributed by atoms with Gasteiger partial charge in [-0.1, -0.05) is 19.1 Å². The van der Waals surface area contributed by atoms with Crippen molar-refractivity contribution in [3.8, 4) is 0 Å². The molecular weight excluding hydrogens is 242 g/mol. The summed E-state index contributed by atoms with van der Waals surface area (Å²) in [6.45, 7) is 2.08. The van der Waals surface area contributed by atoms with Crippen molar-refractivity contribution in [2.24, 2.45) is 5.84 Å². The Morgan fingerprint density at radius 3 is 2.42 bits per heavy atom. The number of nitrogens with two attached hydrogens (primary N) is 1. The minimum absolute atomic E-state index is 0.235. The van der Waals surface area contributed by atoms with E-state index in [2.05, 4.69) is 27.9 Å². The molecule has 0 aliphatic rings. The van der Waals surface area contributed by atoms with Gasteiger partial charge in [-0.25, -0.2) is 5.84 Å². The molecule has 0 saturated carbocycles. The number of hydrogen-bond donors (Lipinski definition) is 3. The monoisotopic (exact) mass is 257 g/mol. The fraction of sp³-hybridized carbons (Fsp3) is 0.154. The lowest BCUT2D eigenvalue weighted by Gasteiger charge is -2.05. The average molecular weight is 257 g/mol. The highest BCUT2D eigenvalue weighted by atomic mass is 16.1. The maximum Gasteiger partial charge on any atom is 0.276 e. The SMILES string of the molecule is CCc1ccc(NC(=O)c2ccc(NN)nn2)cc1. The Hall–Kier alpha value is -2.47. The first-order valence-electron chi connectivity index (χ1n) is 5.93. The molecule has 98 valence electrons. The molecule has 1 aromatic carbocycles. The zero-order valence-electron chi connectivity index (χ0n) is 10.6. The molecule has 1 amide bonds. The van der Waals surface area contributed by atoms with Gasteiger partial charge in [-0.3, -0.25) is 4.79 Å². The van der Waals surface area contributed by atoms with E-state index in [9.17, 15) is 4.79 Å². The molecule has 0 spiro atoms. The standard InChI is InChI=1S/C13H15N5O/c1-2-9-3-5-10(6-4-9)15-13(19)11-7-8-12(16-14)18-17-11/h3-8H,2,14H2,1H3,(H,15,19)(H,16,18). The zero-order valence-corrected chi connectivity index (χ0v) is 10.6. The first-order chi connectivity index (χ1) is 9.22. The van der Waals surface area contributed by atoms with Crippen molar-refractivity contribution < 1.29 is 4.79 Å². The summed E-state index contributed by atoms with van der Waals surface area (Å²) in [5, 5.41) is 10.3. The molecular formula is C13H15N5O. The summed E-state index contributed by atoms with van der Waals surface area (Å²) >= 11 is 0. The van der Waals surface area contributed by atoms with E-state index in [4.69, 9.17) is 5.84 Å². The highest BCUT2D eigenvalue weighted by molar-refractivity contribution is 6.02. The maximum atomic E-state index is 11.9. The Morgan fingerprint density at radius 2 is 1.89 bits per heavy atom. The average Bonchev–Trinajstić information content (AvgIpc) is 2.48. The Kier molecular flexibility index (Phi) is 4.04. The van der Waals surface area contributed by atoms with Crippen LogP contribution in [0.4, 0.5) is 11.5 Å². The van der Waals surface area contributed by atoms with Gasteiger partial charge >= 0.3 is 0 Å². The van der Waals surface area contributed by atoms with Crippen LogP contribution in [0.5, 0.6) is 0 Å². The number of hydrogen-bond acceptors (Lipinski definition) is 5. The van der Waals surface area contributed by atoms with Crippen LogP contribution in [0.25, 0.3) is 0 Å². The van der Waals surface area contributed by atoms with Crippen molar-refractivity contribution >= 4 is 17.4 Å². The summed E-state index contributed by atoms with van der Waals surface area (Å²) in [6.07, 6.45) is 0.966. The first-order valence-corrected chi connectivity index (χ1v) is 5.93. The molecule has 2 aromatic rings. The molecule has 19 heavy (non-hydrogen) atoms. The number of aromatic nitrogens is 2. The largest absolute Gasteiger partial charge is 0.321 e. The third-order valence-corrected chi connectivity index (χ3v) is 2.67. The minimum Gasteiger partial charge on any atom is -0.321 e. The number of carbonyl (C=O) groups is 1. The molecule has 0 fully saturated rings. The third kappa shape index (κ3) is 3.26. The topological polar surface area (TPSA) is 92.9 Å². The smallest absolute Gasteiger partial charge is 0.276 e. The fourth-order valence-electron chi connectivity index (χ4n) is 1.55. The molecule has 6 nitrogen and oxygen atoms in total. The Balaban J connectivity index is 2.06. The lowest BCUT2D eigenvalue weighted by Crippen LogP contribution is -2.16. The van der Waals surface area contributed by atoms with E-state index in [0.29, 0.717) is 5.82 Å². The number of carbonyl (C=O) groups excluding carboxylic acids is 1. The van der Waals surface area contributed by atoms with E-state index in [-0.39, 0.29) is 11.6 Å². The molecule has 4 N–H and O–H groups in total. The van der Waals surface area contributed by atoms with Gasteiger partial charge in [0.15, 0.2) is 11.5 Å². The van der Waals surface area contributed by atoms with Crippen molar-refractivity contribution in [3.05, 3.63) is 47.7 Å². The predicted molar refractivity (Wildman–Crippen MR) is 73.6 cm³/mol. The first kappa shape index (κ1) is 13.0. The van der Waals surface area contributed by atoms with Crippen LogP contribution in [-0.4, -0.2) is 16.1 Å². The van der Waals surface area contributed by atoms with Crippen LogP contribution in [0.2, 0.25) is 0 Å². The molecule has 0 saturated heterocycles. The maximum absolute atomic E-state index is 11.9. The lowest BCUT2D eigenvalue weighted by molar-refractivity contribution is 0.102. The van der Waals surface area contributed by atoms with Gasteiger partial charge < -0.3 is 10.7 Å². The summed E-state index contributed by atoms with van der Waals surface area (Å²) in [5.41, 5.74) is 4.53. The lowest BCUT2D eigenvalue weighted by atomic mass is 10.1. The number of rotatable bonds is 4. The van der Waals surface area contributed by atoms with Crippen molar-refractivity contribution in [1.82, 2.24) is 10.2 Å². The van der Waals surface area contributed by atoms with E-state index < -0.39 is 0 Å². The Morgan fingerprint density at radius 1 is 1.16 bits per heavy atom. The van der Waals surface area contributed by atoms with Crippen LogP contribution in [0.3, 0.4) is 0 Å². The van der Waals surface area contributed by atoms with Gasteiger partial charge in [0.05, 0.1) is 0 Å². The number of nitrogens with one attached hydrogen (secondary N) is 2. The van der Waals surface area contributed by atoms with Crippen molar-refractivity contribution in [1.29, 1.82) is 0 Å². The van der Waals surface area contributed by atoms with Crippen molar-refractivity contribution in [2.45, 2.75) is 13.3 Å². The Bertz CT molecular complexity index is 550. The summed E-state index contributed by atoms with van der Waals surface area (Å²) in [6, 6.07) is 10.8. The molecule has 0 atom stereocenters. The second-order valence-electron chi connectivity index (χ2n) is 3.95. The molecule has 2 rings (SSSR count). The number of anilines is 2.